The summed E-state index contributed by atoms with van der Waals surface area (Å²) in [7, 11) is 5.73. The highest BCUT2D eigenvalue weighted by Crippen LogP contribution is 2.58. The number of fused-ring (bicyclic) bond motifs is 2. The lowest BCUT2D eigenvalue weighted by molar-refractivity contribution is -0.189. The molecule has 3 aromatic heterocycles. The van der Waals surface area contributed by atoms with Crippen LogP contribution in [0.25, 0.3) is 11.0 Å². The number of amides is 2. The first-order chi connectivity index (χ1) is 19.7. The third kappa shape index (κ3) is 4.24. The van der Waals surface area contributed by atoms with Crippen molar-refractivity contribution < 1.29 is 14.3 Å². The fraction of sp³-hybridized carbons (Fsp3) is 0.567. The number of rotatable bonds is 7. The van der Waals surface area contributed by atoms with Crippen molar-refractivity contribution in [3.8, 4) is 0 Å². The van der Waals surface area contributed by atoms with E-state index in [1.807, 2.05) is 18.2 Å². The molecule has 0 aromatic carbocycles. The van der Waals surface area contributed by atoms with Gasteiger partial charge in [0.15, 0.2) is 0 Å². The fourth-order valence-corrected chi connectivity index (χ4v) is 7.65. The van der Waals surface area contributed by atoms with Crippen LogP contribution in [0.3, 0.4) is 0 Å². The van der Waals surface area contributed by atoms with Gasteiger partial charge in [-0.05, 0) is 56.3 Å². The number of ether oxygens (including phenoxy) is 1. The number of nitrogens with one attached hydrogen (secondary N) is 1. The Balaban J connectivity index is 1.06. The van der Waals surface area contributed by atoms with E-state index < -0.39 is 0 Å². The minimum atomic E-state index is -0.320. The van der Waals surface area contributed by atoms with Crippen LogP contribution in [0.1, 0.15) is 68.4 Å². The van der Waals surface area contributed by atoms with E-state index in [4.69, 9.17) is 9.72 Å². The Morgan fingerprint density at radius 2 is 1.98 bits per heavy atom. The SMILES string of the molecule is CN(C)C(=O)c1cc2cnc(Nc3ccc(N4CC(CC5N(C)C6CCC65C)OC4=O)cn3)nc2n1C1CCCC1. The minimum absolute atomic E-state index is 0.0366. The van der Waals surface area contributed by atoms with E-state index in [1.54, 1.807) is 36.3 Å². The van der Waals surface area contributed by atoms with Gasteiger partial charge in [-0.2, -0.15) is 4.98 Å². The van der Waals surface area contributed by atoms with Gasteiger partial charge in [-0.15, -0.1) is 0 Å². The molecular formula is C30H38N8O3. The molecule has 4 atom stereocenters. The monoisotopic (exact) mass is 558 g/mol. The van der Waals surface area contributed by atoms with Crippen LogP contribution >= 0.6 is 0 Å². The van der Waals surface area contributed by atoms with Crippen LogP contribution in [0.5, 0.6) is 0 Å². The van der Waals surface area contributed by atoms with Crippen LogP contribution in [-0.4, -0.2) is 87.2 Å². The van der Waals surface area contributed by atoms with E-state index >= 15 is 0 Å². The average Bonchev–Trinajstić information content (AvgIpc) is 3.69. The molecule has 2 aliphatic heterocycles. The molecule has 0 bridgehead atoms. The Kier molecular flexibility index (Phi) is 6.18. The Bertz CT molecular complexity index is 1500. The van der Waals surface area contributed by atoms with E-state index in [9.17, 15) is 9.59 Å². The first kappa shape index (κ1) is 26.2. The lowest BCUT2D eigenvalue weighted by atomic mass is 9.52. The first-order valence-electron chi connectivity index (χ1n) is 14.8. The summed E-state index contributed by atoms with van der Waals surface area (Å²) in [6.45, 7) is 2.90. The van der Waals surface area contributed by atoms with Gasteiger partial charge < -0.3 is 19.5 Å². The predicted octanol–water partition coefficient (Wildman–Crippen LogP) is 4.58. The van der Waals surface area contributed by atoms with Crippen molar-refractivity contribution >= 4 is 40.5 Å². The number of pyridine rings is 1. The highest BCUT2D eigenvalue weighted by atomic mass is 16.6. The molecule has 11 heteroatoms. The maximum atomic E-state index is 13.0. The molecule has 2 saturated heterocycles. The van der Waals surface area contributed by atoms with Crippen molar-refractivity contribution in [1.82, 2.24) is 29.3 Å². The Labute approximate surface area is 239 Å². The van der Waals surface area contributed by atoms with Crippen LogP contribution in [0.15, 0.2) is 30.6 Å². The van der Waals surface area contributed by atoms with Gasteiger partial charge in [0.2, 0.25) is 5.95 Å². The second-order valence-electron chi connectivity index (χ2n) is 12.6. The summed E-state index contributed by atoms with van der Waals surface area (Å²) in [6.07, 6.45) is 10.7. The zero-order valence-corrected chi connectivity index (χ0v) is 24.2. The second-order valence-corrected chi connectivity index (χ2v) is 12.6. The van der Waals surface area contributed by atoms with Gasteiger partial charge in [0.1, 0.15) is 23.3 Å². The number of carbonyl (C=O) groups excluding carboxylic acids is 2. The number of nitrogens with zero attached hydrogens (tertiary/aromatic N) is 7. The van der Waals surface area contributed by atoms with Crippen LogP contribution in [0, 0.1) is 5.41 Å². The van der Waals surface area contributed by atoms with Gasteiger partial charge in [0.25, 0.3) is 5.91 Å². The molecule has 11 nitrogen and oxygen atoms in total. The highest BCUT2D eigenvalue weighted by Gasteiger charge is 2.61. The van der Waals surface area contributed by atoms with Crippen LogP contribution < -0.4 is 10.2 Å². The Hall–Kier alpha value is -3.73. The zero-order chi connectivity index (χ0) is 28.5. The topological polar surface area (TPSA) is 109 Å². The van der Waals surface area contributed by atoms with E-state index in [0.29, 0.717) is 47.2 Å². The Morgan fingerprint density at radius 1 is 1.17 bits per heavy atom. The van der Waals surface area contributed by atoms with Crippen LogP contribution in [0.2, 0.25) is 0 Å². The molecule has 7 rings (SSSR count). The summed E-state index contributed by atoms with van der Waals surface area (Å²) in [5.41, 5.74) is 2.47. The van der Waals surface area contributed by atoms with Gasteiger partial charge in [0.05, 0.1) is 18.4 Å². The molecule has 3 aromatic rings. The van der Waals surface area contributed by atoms with E-state index in [2.05, 4.69) is 38.7 Å². The maximum Gasteiger partial charge on any atom is 0.414 e. The van der Waals surface area contributed by atoms with Crippen LogP contribution in [0.4, 0.5) is 22.2 Å². The molecule has 5 heterocycles. The summed E-state index contributed by atoms with van der Waals surface area (Å²) >= 11 is 0. The smallest absolute Gasteiger partial charge is 0.414 e. The summed E-state index contributed by atoms with van der Waals surface area (Å²) in [5, 5.41) is 4.04. The standard InChI is InChI=1S/C30H38N8O3/c1-30-12-11-23(30)36(4)24(30)14-21-17-37(29(40)41-21)20-9-10-25(31-16-20)33-28-32-15-18-13-22(27(39)35(2)3)38(26(18)34-28)19-7-5-6-8-19/h9-10,13,15-16,19,21,23-24H,5-8,11-12,14,17H2,1-4H3,(H,31,32,33,34). The second kappa shape index (κ2) is 9.68. The summed E-state index contributed by atoms with van der Waals surface area (Å²) in [4.78, 5) is 45.3. The highest BCUT2D eigenvalue weighted by molar-refractivity contribution is 5.98. The van der Waals surface area contributed by atoms with Crippen molar-refractivity contribution in [2.24, 2.45) is 5.41 Å². The quantitative estimate of drug-likeness (QED) is 0.449. The number of aromatic nitrogens is 4. The third-order valence-electron chi connectivity index (χ3n) is 10.0. The van der Waals surface area contributed by atoms with Crippen molar-refractivity contribution in [1.29, 1.82) is 0 Å². The molecule has 41 heavy (non-hydrogen) atoms. The number of hydrogen-bond donors (Lipinski definition) is 1. The summed E-state index contributed by atoms with van der Waals surface area (Å²) in [5.74, 6) is 0.943. The molecular weight excluding hydrogens is 520 g/mol. The van der Waals surface area contributed by atoms with Crippen LogP contribution in [-0.2, 0) is 4.74 Å². The van der Waals surface area contributed by atoms with E-state index in [1.165, 1.54) is 12.8 Å². The van der Waals surface area contributed by atoms with E-state index in [-0.39, 0.29) is 24.1 Å². The summed E-state index contributed by atoms with van der Waals surface area (Å²) in [6, 6.07) is 6.98. The Morgan fingerprint density at radius 3 is 2.63 bits per heavy atom. The number of likely N-dealkylation sites (tertiary alicyclic amines) is 1. The number of anilines is 3. The van der Waals surface area contributed by atoms with Gasteiger partial charge in [-0.25, -0.2) is 14.8 Å². The molecule has 0 spiro atoms. The maximum absolute atomic E-state index is 13.0. The van der Waals surface area contributed by atoms with Gasteiger partial charge in [0, 0.05) is 50.2 Å². The van der Waals surface area contributed by atoms with Gasteiger partial charge in [-0.3, -0.25) is 14.6 Å². The first-order valence-corrected chi connectivity index (χ1v) is 14.8. The average molecular weight is 559 g/mol. The lowest BCUT2D eigenvalue weighted by Gasteiger charge is -2.69. The summed E-state index contributed by atoms with van der Waals surface area (Å²) < 4.78 is 7.85. The molecule has 4 unspecified atom stereocenters. The van der Waals surface area contributed by atoms with Crippen molar-refractivity contribution in [2.75, 3.05) is 37.9 Å². The molecule has 2 saturated carbocycles. The largest absolute Gasteiger partial charge is 0.444 e. The number of carbonyl (C=O) groups is 2. The van der Waals surface area contributed by atoms with Crippen molar-refractivity contribution in [3.63, 3.8) is 0 Å². The molecule has 216 valence electrons. The third-order valence-corrected chi connectivity index (χ3v) is 10.0. The molecule has 2 aliphatic carbocycles. The molecule has 0 radical (unpaired) electrons. The lowest BCUT2D eigenvalue weighted by Crippen LogP contribution is -2.74. The normalized spacial score (nSPS) is 27.9. The minimum Gasteiger partial charge on any atom is -0.444 e. The van der Waals surface area contributed by atoms with Crippen molar-refractivity contribution in [2.45, 2.75) is 76.1 Å². The fourth-order valence-electron chi connectivity index (χ4n) is 7.65. The van der Waals surface area contributed by atoms with E-state index in [0.717, 1.165) is 43.1 Å². The number of piperidine rings is 1. The zero-order valence-electron chi connectivity index (χ0n) is 24.2. The predicted molar refractivity (Wildman–Crippen MR) is 155 cm³/mol. The van der Waals surface area contributed by atoms with Gasteiger partial charge in [-0.1, -0.05) is 19.8 Å². The molecule has 4 fully saturated rings. The molecule has 1 N–H and O–H groups in total. The molecule has 2 amide bonds. The number of hydrogen-bond acceptors (Lipinski definition) is 8. The molecule has 4 aliphatic rings. The van der Waals surface area contributed by atoms with Gasteiger partial charge >= 0.3 is 6.09 Å². The van der Waals surface area contributed by atoms with Crippen molar-refractivity contribution in [3.05, 3.63) is 36.3 Å². The number of cyclic esters (lactones) is 1.